The number of hydrogen-bond acceptors (Lipinski definition) is 6. The molecule has 1 saturated carbocycles. The smallest absolute Gasteiger partial charge is 0.359 e. The molecule has 2 heterocycles. The van der Waals surface area contributed by atoms with E-state index in [1.54, 1.807) is 0 Å². The average Bonchev–Trinajstić information content (AvgIpc) is 3.19. The van der Waals surface area contributed by atoms with Gasteiger partial charge in [-0.15, -0.1) is 0 Å². The first-order valence-corrected chi connectivity index (χ1v) is 8.06. The van der Waals surface area contributed by atoms with Crippen LogP contribution in [0.25, 0.3) is 22.6 Å². The zero-order valence-corrected chi connectivity index (χ0v) is 14.0. The largest absolute Gasteiger partial charge is 0.464 e. The molecule has 1 aliphatic rings. The summed E-state index contributed by atoms with van der Waals surface area (Å²) < 4.78 is 37.5. The van der Waals surface area contributed by atoms with Crippen LogP contribution in [0.1, 0.15) is 27.3 Å². The standard InChI is InChI=1S/C18H13F2N3O4/c1-26-18(25)15-14(20)9(4-5-21-15)17-23-12-6-8(2-3-13(12)27-17)16(24)22-11-7-10(11)19/h2-6,10-11H,7H2,1H3,(H,22,24)/t10-,11-/m0/s1. The normalized spacial score (nSPS) is 18.3. The van der Waals surface area contributed by atoms with Gasteiger partial charge in [-0.2, -0.15) is 0 Å². The number of methoxy groups -OCH3 is 1. The number of oxazole rings is 1. The summed E-state index contributed by atoms with van der Waals surface area (Å²) in [5.74, 6) is -2.33. The second kappa shape index (κ2) is 6.42. The van der Waals surface area contributed by atoms with Crippen molar-refractivity contribution in [2.45, 2.75) is 18.6 Å². The Balaban J connectivity index is 1.68. The van der Waals surface area contributed by atoms with E-state index >= 15 is 0 Å². The lowest BCUT2D eigenvalue weighted by molar-refractivity contribution is 0.0588. The minimum Gasteiger partial charge on any atom is -0.464 e. The summed E-state index contributed by atoms with van der Waals surface area (Å²) in [6.45, 7) is 0. The number of aromatic nitrogens is 2. The molecule has 27 heavy (non-hydrogen) atoms. The van der Waals surface area contributed by atoms with Gasteiger partial charge in [-0.1, -0.05) is 0 Å². The van der Waals surface area contributed by atoms with Crippen molar-refractivity contribution in [3.8, 4) is 11.5 Å². The highest BCUT2D eigenvalue weighted by Crippen LogP contribution is 2.29. The summed E-state index contributed by atoms with van der Waals surface area (Å²) in [4.78, 5) is 31.5. The molecule has 0 spiro atoms. The van der Waals surface area contributed by atoms with Crippen LogP contribution in [0.2, 0.25) is 0 Å². The Morgan fingerprint density at radius 1 is 1.33 bits per heavy atom. The summed E-state index contributed by atoms with van der Waals surface area (Å²) in [5.41, 5.74) is 0.383. The van der Waals surface area contributed by atoms with Gasteiger partial charge in [0.1, 0.15) is 11.7 Å². The lowest BCUT2D eigenvalue weighted by Gasteiger charge is -2.02. The fraction of sp³-hybridized carbons (Fsp3) is 0.222. The van der Waals surface area contributed by atoms with Crippen LogP contribution < -0.4 is 5.32 Å². The number of carbonyl (C=O) groups excluding carboxylic acids is 2. The Bertz CT molecular complexity index is 1070. The molecule has 0 unspecified atom stereocenters. The van der Waals surface area contributed by atoms with E-state index in [4.69, 9.17) is 4.42 Å². The number of amides is 1. The van der Waals surface area contributed by atoms with E-state index in [0.29, 0.717) is 17.5 Å². The molecule has 0 saturated heterocycles. The molecule has 0 bridgehead atoms. The number of nitrogens with one attached hydrogen (secondary N) is 1. The second-order valence-corrected chi connectivity index (χ2v) is 6.05. The van der Waals surface area contributed by atoms with Crippen molar-refractivity contribution < 1.29 is 27.5 Å². The monoisotopic (exact) mass is 373 g/mol. The molecule has 2 atom stereocenters. The van der Waals surface area contributed by atoms with Crippen LogP contribution in [-0.2, 0) is 4.74 Å². The molecule has 1 amide bonds. The van der Waals surface area contributed by atoms with Crippen LogP contribution >= 0.6 is 0 Å². The van der Waals surface area contributed by atoms with Crippen LogP contribution in [-0.4, -0.2) is 41.2 Å². The summed E-state index contributed by atoms with van der Waals surface area (Å²) in [7, 11) is 1.12. The van der Waals surface area contributed by atoms with E-state index in [9.17, 15) is 18.4 Å². The lowest BCUT2D eigenvalue weighted by Crippen LogP contribution is -2.26. The highest BCUT2D eigenvalue weighted by Gasteiger charge is 2.38. The Morgan fingerprint density at radius 2 is 2.11 bits per heavy atom. The molecule has 1 aliphatic carbocycles. The van der Waals surface area contributed by atoms with E-state index < -0.39 is 35.6 Å². The molecule has 9 heteroatoms. The predicted octanol–water partition coefficient (Wildman–Crippen LogP) is 2.66. The van der Waals surface area contributed by atoms with Crippen molar-refractivity contribution in [2.24, 2.45) is 0 Å². The second-order valence-electron chi connectivity index (χ2n) is 6.05. The first kappa shape index (κ1) is 17.1. The highest BCUT2D eigenvalue weighted by atomic mass is 19.1. The molecule has 7 nitrogen and oxygen atoms in total. The van der Waals surface area contributed by atoms with Crippen molar-refractivity contribution in [1.29, 1.82) is 0 Å². The van der Waals surface area contributed by atoms with E-state index in [0.717, 1.165) is 7.11 Å². The lowest BCUT2D eigenvalue weighted by atomic mass is 10.2. The third-order valence-electron chi connectivity index (χ3n) is 4.18. The van der Waals surface area contributed by atoms with Gasteiger partial charge in [0.15, 0.2) is 17.1 Å². The van der Waals surface area contributed by atoms with Crippen molar-refractivity contribution in [3.63, 3.8) is 0 Å². The number of pyridine rings is 1. The zero-order chi connectivity index (χ0) is 19.1. The predicted molar refractivity (Wildman–Crippen MR) is 89.3 cm³/mol. The van der Waals surface area contributed by atoms with Gasteiger partial charge in [0.2, 0.25) is 5.89 Å². The zero-order valence-electron chi connectivity index (χ0n) is 14.0. The van der Waals surface area contributed by atoms with Gasteiger partial charge in [-0.3, -0.25) is 4.79 Å². The minimum atomic E-state index is -1.00. The maximum absolute atomic E-state index is 14.6. The molecule has 2 aromatic heterocycles. The third kappa shape index (κ3) is 3.12. The maximum atomic E-state index is 14.6. The van der Waals surface area contributed by atoms with Crippen molar-refractivity contribution in [3.05, 3.63) is 47.5 Å². The molecule has 3 aromatic rings. The van der Waals surface area contributed by atoms with Gasteiger partial charge in [-0.25, -0.2) is 23.5 Å². The Labute approximate surface area is 151 Å². The maximum Gasteiger partial charge on any atom is 0.359 e. The van der Waals surface area contributed by atoms with Gasteiger partial charge >= 0.3 is 5.97 Å². The molecule has 1 N–H and O–H groups in total. The van der Waals surface area contributed by atoms with Crippen LogP contribution in [0.5, 0.6) is 0 Å². The first-order chi connectivity index (χ1) is 13.0. The number of benzene rings is 1. The van der Waals surface area contributed by atoms with Crippen LogP contribution in [0.3, 0.4) is 0 Å². The Kier molecular flexibility index (Phi) is 4.06. The molecular formula is C18H13F2N3O4. The third-order valence-corrected chi connectivity index (χ3v) is 4.18. The number of fused-ring (bicyclic) bond motifs is 1. The number of carbonyl (C=O) groups is 2. The van der Waals surface area contributed by atoms with Crippen LogP contribution in [0.4, 0.5) is 8.78 Å². The highest BCUT2D eigenvalue weighted by molar-refractivity contribution is 5.97. The molecule has 1 aromatic carbocycles. The SMILES string of the molecule is COC(=O)c1nccc(-c2nc3cc(C(=O)N[C@H]4C[C@@H]4F)ccc3o2)c1F. The van der Waals surface area contributed by atoms with Crippen molar-refractivity contribution in [2.75, 3.05) is 7.11 Å². The van der Waals surface area contributed by atoms with Gasteiger partial charge in [0, 0.05) is 18.2 Å². The quantitative estimate of drug-likeness (QED) is 0.707. The number of rotatable bonds is 4. The number of alkyl halides is 1. The molecule has 4 rings (SSSR count). The molecule has 138 valence electrons. The summed E-state index contributed by atoms with van der Waals surface area (Å²) in [5, 5.41) is 2.57. The number of hydrogen-bond donors (Lipinski definition) is 1. The molecule has 1 fully saturated rings. The van der Waals surface area contributed by atoms with Crippen LogP contribution in [0.15, 0.2) is 34.9 Å². The molecular weight excluding hydrogens is 360 g/mol. The molecule has 0 radical (unpaired) electrons. The van der Waals surface area contributed by atoms with E-state index in [1.807, 2.05) is 0 Å². The summed E-state index contributed by atoms with van der Waals surface area (Å²) in [6.07, 6.45) is 0.544. The van der Waals surface area contributed by atoms with Gasteiger partial charge in [-0.05, 0) is 24.3 Å². The Morgan fingerprint density at radius 3 is 2.81 bits per heavy atom. The topological polar surface area (TPSA) is 94.3 Å². The minimum absolute atomic E-state index is 0.0640. The summed E-state index contributed by atoms with van der Waals surface area (Å²) in [6, 6.07) is 5.34. The average molecular weight is 373 g/mol. The van der Waals surface area contributed by atoms with Gasteiger partial charge in [0.25, 0.3) is 5.91 Å². The molecule has 0 aliphatic heterocycles. The first-order valence-electron chi connectivity index (χ1n) is 8.06. The van der Waals surface area contributed by atoms with E-state index in [2.05, 4.69) is 20.0 Å². The number of ether oxygens (including phenoxy) is 1. The number of nitrogens with zero attached hydrogens (tertiary/aromatic N) is 2. The fourth-order valence-electron chi connectivity index (χ4n) is 2.60. The number of esters is 1. The van der Waals surface area contributed by atoms with E-state index in [-0.39, 0.29) is 17.0 Å². The summed E-state index contributed by atoms with van der Waals surface area (Å²) >= 11 is 0. The van der Waals surface area contributed by atoms with Crippen molar-refractivity contribution in [1.82, 2.24) is 15.3 Å². The fourth-order valence-corrected chi connectivity index (χ4v) is 2.60. The number of halogens is 2. The van der Waals surface area contributed by atoms with Gasteiger partial charge in [0.05, 0.1) is 18.7 Å². The van der Waals surface area contributed by atoms with Crippen LogP contribution in [0, 0.1) is 5.82 Å². The van der Waals surface area contributed by atoms with Crippen molar-refractivity contribution >= 4 is 23.0 Å². The Hall–Kier alpha value is -3.36. The van der Waals surface area contributed by atoms with Gasteiger partial charge < -0.3 is 14.5 Å². The van der Waals surface area contributed by atoms with E-state index in [1.165, 1.54) is 30.5 Å².